The molecule has 140 valence electrons. The molecule has 9 nitrogen and oxygen atoms in total. The average Bonchev–Trinajstić information content (AvgIpc) is 3.17. The van der Waals surface area contributed by atoms with Crippen molar-refractivity contribution in [2.75, 3.05) is 5.32 Å². The number of carbonyl (C=O) groups excluding carboxylic acids is 1. The Labute approximate surface area is 157 Å². The van der Waals surface area contributed by atoms with Gasteiger partial charge in [-0.3, -0.25) is 24.3 Å². The molecule has 0 spiro atoms. The van der Waals surface area contributed by atoms with Crippen LogP contribution >= 0.6 is 11.6 Å². The summed E-state index contributed by atoms with van der Waals surface area (Å²) in [6.45, 7) is 1.63. The smallest absolute Gasteiger partial charge is 0.308 e. The topological polar surface area (TPSA) is 108 Å². The number of rotatable bonds is 6. The van der Waals surface area contributed by atoms with E-state index in [2.05, 4.69) is 15.5 Å². The molecular formula is C16H14ClFN6O3. The van der Waals surface area contributed by atoms with Crippen molar-refractivity contribution in [2.24, 2.45) is 0 Å². The van der Waals surface area contributed by atoms with Crippen LogP contribution in [0.1, 0.15) is 11.3 Å². The molecule has 0 unspecified atom stereocenters. The van der Waals surface area contributed by atoms with Gasteiger partial charge in [0, 0.05) is 17.3 Å². The van der Waals surface area contributed by atoms with E-state index in [9.17, 15) is 19.3 Å². The summed E-state index contributed by atoms with van der Waals surface area (Å²) in [7, 11) is 0. The zero-order chi connectivity index (χ0) is 19.6. The highest BCUT2D eigenvalue weighted by Gasteiger charge is 2.18. The molecule has 0 bridgehead atoms. The van der Waals surface area contributed by atoms with Crippen LogP contribution < -0.4 is 5.32 Å². The quantitative estimate of drug-likeness (QED) is 0.512. The number of nitro groups is 1. The van der Waals surface area contributed by atoms with Gasteiger partial charge in [0.15, 0.2) is 5.82 Å². The second-order valence-corrected chi connectivity index (χ2v) is 6.12. The third kappa shape index (κ3) is 4.29. The molecular weight excluding hydrogens is 379 g/mol. The molecule has 0 radical (unpaired) electrons. The molecule has 0 atom stereocenters. The fourth-order valence-corrected chi connectivity index (χ4v) is 2.66. The molecule has 3 aromatic rings. The summed E-state index contributed by atoms with van der Waals surface area (Å²) < 4.78 is 15.9. The number of hydrogen-bond acceptors (Lipinski definition) is 5. The Morgan fingerprint density at radius 2 is 2.19 bits per heavy atom. The number of amides is 1. The Morgan fingerprint density at radius 3 is 2.85 bits per heavy atom. The summed E-state index contributed by atoms with van der Waals surface area (Å²) in [6.07, 6.45) is 2.74. The van der Waals surface area contributed by atoms with Crippen molar-refractivity contribution in [1.29, 1.82) is 0 Å². The molecule has 0 aliphatic rings. The van der Waals surface area contributed by atoms with Crippen LogP contribution in [0.15, 0.2) is 36.7 Å². The largest absolute Gasteiger partial charge is 0.309 e. The second-order valence-electron chi connectivity index (χ2n) is 5.71. The van der Waals surface area contributed by atoms with E-state index in [0.29, 0.717) is 17.9 Å². The number of anilines is 1. The van der Waals surface area contributed by atoms with Gasteiger partial charge < -0.3 is 5.32 Å². The minimum absolute atomic E-state index is 0.150. The molecule has 11 heteroatoms. The maximum absolute atomic E-state index is 13.1. The standard InChI is InChI=1S/C16H14ClFN6O3/c1-10-14(24(26)27)7-19-23(10)9-16(25)20-15-4-5-22(21-15)8-11-2-3-12(18)6-13(11)17/h2-7H,8-9H2,1H3,(H,20,21,25). The van der Waals surface area contributed by atoms with Crippen molar-refractivity contribution in [2.45, 2.75) is 20.0 Å². The maximum atomic E-state index is 13.1. The van der Waals surface area contributed by atoms with Gasteiger partial charge in [0.2, 0.25) is 5.91 Å². The Hall–Kier alpha value is -3.27. The molecule has 0 saturated carbocycles. The van der Waals surface area contributed by atoms with Crippen molar-refractivity contribution in [3.05, 3.63) is 68.9 Å². The van der Waals surface area contributed by atoms with E-state index >= 15 is 0 Å². The van der Waals surface area contributed by atoms with Crippen LogP contribution in [0.2, 0.25) is 5.02 Å². The second kappa shape index (κ2) is 7.54. The van der Waals surface area contributed by atoms with Crippen LogP contribution in [0, 0.1) is 22.9 Å². The van der Waals surface area contributed by atoms with Gasteiger partial charge in [-0.15, -0.1) is 0 Å². The fourth-order valence-electron chi connectivity index (χ4n) is 2.43. The lowest BCUT2D eigenvalue weighted by molar-refractivity contribution is -0.385. The number of halogens is 2. The minimum atomic E-state index is -0.557. The van der Waals surface area contributed by atoms with Gasteiger partial charge in [-0.1, -0.05) is 17.7 Å². The predicted molar refractivity (Wildman–Crippen MR) is 95.0 cm³/mol. The Morgan fingerprint density at radius 1 is 1.41 bits per heavy atom. The van der Waals surface area contributed by atoms with E-state index in [1.165, 1.54) is 23.7 Å². The van der Waals surface area contributed by atoms with Gasteiger partial charge in [0.25, 0.3) is 0 Å². The van der Waals surface area contributed by atoms with E-state index in [4.69, 9.17) is 11.6 Å². The van der Waals surface area contributed by atoms with E-state index in [0.717, 1.165) is 6.20 Å². The monoisotopic (exact) mass is 392 g/mol. The SMILES string of the molecule is Cc1c([N+](=O)[O-])cnn1CC(=O)Nc1ccn(Cc2ccc(F)cc2Cl)n1. The van der Waals surface area contributed by atoms with Crippen LogP contribution in [-0.4, -0.2) is 30.4 Å². The normalized spacial score (nSPS) is 10.8. The van der Waals surface area contributed by atoms with E-state index in [-0.39, 0.29) is 22.9 Å². The van der Waals surface area contributed by atoms with Gasteiger partial charge in [0.1, 0.15) is 24.3 Å². The van der Waals surface area contributed by atoms with Crippen molar-refractivity contribution >= 4 is 29.0 Å². The van der Waals surface area contributed by atoms with Crippen LogP contribution in [0.3, 0.4) is 0 Å². The number of nitrogens with zero attached hydrogens (tertiary/aromatic N) is 5. The number of aromatic nitrogens is 4. The third-order valence-corrected chi connectivity index (χ3v) is 4.17. The maximum Gasteiger partial charge on any atom is 0.309 e. The first-order chi connectivity index (χ1) is 12.8. The summed E-state index contributed by atoms with van der Waals surface area (Å²) in [5, 5.41) is 21.7. The Bertz CT molecular complexity index is 1020. The summed E-state index contributed by atoms with van der Waals surface area (Å²) in [4.78, 5) is 22.4. The van der Waals surface area contributed by atoms with Gasteiger partial charge in [-0.25, -0.2) is 4.39 Å². The van der Waals surface area contributed by atoms with E-state index in [1.54, 1.807) is 23.0 Å². The zero-order valence-corrected chi connectivity index (χ0v) is 14.9. The highest BCUT2D eigenvalue weighted by Crippen LogP contribution is 2.19. The average molecular weight is 393 g/mol. The Kier molecular flexibility index (Phi) is 5.17. The van der Waals surface area contributed by atoms with Gasteiger partial charge in [0.05, 0.1) is 11.5 Å². The fraction of sp³-hybridized carbons (Fsp3) is 0.188. The molecule has 0 saturated heterocycles. The molecule has 1 N–H and O–H groups in total. The molecule has 1 amide bonds. The molecule has 0 aliphatic carbocycles. The van der Waals surface area contributed by atoms with Crippen LogP contribution in [0.4, 0.5) is 15.9 Å². The first kappa shape index (κ1) is 18.5. The molecule has 3 rings (SSSR count). The van der Waals surface area contributed by atoms with Crippen molar-refractivity contribution < 1.29 is 14.1 Å². The summed E-state index contributed by atoms with van der Waals surface area (Å²) in [6, 6.07) is 5.67. The number of carbonyl (C=O) groups is 1. The molecule has 0 aliphatic heterocycles. The lowest BCUT2D eigenvalue weighted by Gasteiger charge is -2.06. The number of hydrogen-bond donors (Lipinski definition) is 1. The van der Waals surface area contributed by atoms with Crippen molar-refractivity contribution in [3.8, 4) is 0 Å². The first-order valence-corrected chi connectivity index (χ1v) is 8.15. The summed E-state index contributed by atoms with van der Waals surface area (Å²) in [5.74, 6) is -0.551. The van der Waals surface area contributed by atoms with Crippen molar-refractivity contribution in [1.82, 2.24) is 19.6 Å². The molecule has 27 heavy (non-hydrogen) atoms. The predicted octanol–water partition coefficient (Wildman–Crippen LogP) is 2.78. The van der Waals surface area contributed by atoms with Crippen LogP contribution in [0.25, 0.3) is 0 Å². The molecule has 1 aromatic carbocycles. The van der Waals surface area contributed by atoms with E-state index < -0.39 is 16.6 Å². The molecule has 0 fully saturated rings. The molecule has 2 heterocycles. The van der Waals surface area contributed by atoms with Crippen LogP contribution in [-0.2, 0) is 17.9 Å². The summed E-state index contributed by atoms with van der Waals surface area (Å²) >= 11 is 5.99. The van der Waals surface area contributed by atoms with Gasteiger partial charge in [-0.2, -0.15) is 10.2 Å². The first-order valence-electron chi connectivity index (χ1n) is 7.77. The number of benzene rings is 1. The zero-order valence-electron chi connectivity index (χ0n) is 14.1. The van der Waals surface area contributed by atoms with Crippen LogP contribution in [0.5, 0.6) is 0 Å². The highest BCUT2D eigenvalue weighted by molar-refractivity contribution is 6.31. The summed E-state index contributed by atoms with van der Waals surface area (Å²) in [5.41, 5.74) is 0.813. The van der Waals surface area contributed by atoms with Gasteiger partial charge >= 0.3 is 5.69 Å². The van der Waals surface area contributed by atoms with E-state index in [1.807, 2.05) is 0 Å². The van der Waals surface area contributed by atoms with Gasteiger partial charge in [-0.05, 0) is 24.6 Å². The number of nitrogens with one attached hydrogen (secondary N) is 1. The lowest BCUT2D eigenvalue weighted by atomic mass is 10.2. The molecule has 2 aromatic heterocycles. The minimum Gasteiger partial charge on any atom is -0.308 e. The Balaban J connectivity index is 1.63. The lowest BCUT2D eigenvalue weighted by Crippen LogP contribution is -2.20. The highest BCUT2D eigenvalue weighted by atomic mass is 35.5. The van der Waals surface area contributed by atoms with Crippen molar-refractivity contribution in [3.63, 3.8) is 0 Å². The third-order valence-electron chi connectivity index (χ3n) is 3.82.